The number of benzene rings is 1. The van der Waals surface area contributed by atoms with Crippen LogP contribution in [0.5, 0.6) is 0 Å². The van der Waals surface area contributed by atoms with E-state index in [1.807, 2.05) is 12.1 Å². The van der Waals surface area contributed by atoms with E-state index in [2.05, 4.69) is 50.3 Å². The Labute approximate surface area is 105 Å². The SMILES string of the molecule is Cc1cccc2[nH]c(-c3sccc3Br)nc12. The summed E-state index contributed by atoms with van der Waals surface area (Å²) in [4.78, 5) is 9.14. The van der Waals surface area contributed by atoms with E-state index in [0.717, 1.165) is 26.2 Å². The Kier molecular flexibility index (Phi) is 2.33. The highest BCUT2D eigenvalue weighted by atomic mass is 79.9. The topological polar surface area (TPSA) is 28.7 Å². The summed E-state index contributed by atoms with van der Waals surface area (Å²) in [5, 5.41) is 2.06. The van der Waals surface area contributed by atoms with Crippen molar-refractivity contribution in [1.29, 1.82) is 0 Å². The number of imidazole rings is 1. The second-order valence-corrected chi connectivity index (χ2v) is 5.42. The zero-order valence-corrected chi connectivity index (χ0v) is 11.0. The first-order chi connectivity index (χ1) is 7.75. The summed E-state index contributed by atoms with van der Waals surface area (Å²) in [6.45, 7) is 2.08. The van der Waals surface area contributed by atoms with E-state index in [1.54, 1.807) is 11.3 Å². The molecule has 0 unspecified atom stereocenters. The van der Waals surface area contributed by atoms with Gasteiger partial charge in [-0.3, -0.25) is 0 Å². The Morgan fingerprint density at radius 3 is 2.88 bits per heavy atom. The van der Waals surface area contributed by atoms with Crippen molar-refractivity contribution < 1.29 is 0 Å². The highest BCUT2D eigenvalue weighted by Gasteiger charge is 2.10. The summed E-state index contributed by atoms with van der Waals surface area (Å²) < 4.78 is 1.09. The zero-order valence-electron chi connectivity index (χ0n) is 8.62. The third kappa shape index (κ3) is 1.49. The number of hydrogen-bond donors (Lipinski definition) is 1. The average Bonchev–Trinajstić information content (AvgIpc) is 2.84. The van der Waals surface area contributed by atoms with Gasteiger partial charge in [-0.25, -0.2) is 4.98 Å². The number of halogens is 1. The molecule has 1 aromatic carbocycles. The van der Waals surface area contributed by atoms with Gasteiger partial charge in [0.25, 0.3) is 0 Å². The Bertz CT molecular complexity index is 654. The van der Waals surface area contributed by atoms with Gasteiger partial charge in [0.15, 0.2) is 0 Å². The first-order valence-electron chi connectivity index (χ1n) is 4.94. The van der Waals surface area contributed by atoms with Crippen LogP contribution in [0, 0.1) is 6.92 Å². The van der Waals surface area contributed by atoms with Gasteiger partial charge in [-0.1, -0.05) is 12.1 Å². The number of aromatic amines is 1. The molecule has 0 saturated carbocycles. The molecule has 0 saturated heterocycles. The van der Waals surface area contributed by atoms with E-state index in [4.69, 9.17) is 0 Å². The number of rotatable bonds is 1. The standard InChI is InChI=1S/C12H9BrN2S/c1-7-3-2-4-9-10(7)15-12(14-9)11-8(13)5-6-16-11/h2-6H,1H3,(H,14,15). The van der Waals surface area contributed by atoms with E-state index in [9.17, 15) is 0 Å². The van der Waals surface area contributed by atoms with E-state index in [-0.39, 0.29) is 0 Å². The Hall–Kier alpha value is -1.13. The molecule has 0 fully saturated rings. The smallest absolute Gasteiger partial charge is 0.149 e. The molecule has 0 aliphatic heterocycles. The number of H-pyrrole nitrogens is 1. The third-order valence-electron chi connectivity index (χ3n) is 2.55. The van der Waals surface area contributed by atoms with Gasteiger partial charge in [0.2, 0.25) is 0 Å². The molecule has 4 heteroatoms. The van der Waals surface area contributed by atoms with Gasteiger partial charge in [-0.2, -0.15) is 0 Å². The van der Waals surface area contributed by atoms with Gasteiger partial charge in [-0.05, 0) is 45.9 Å². The quantitative estimate of drug-likeness (QED) is 0.709. The van der Waals surface area contributed by atoms with Crippen LogP contribution in [0.2, 0.25) is 0 Å². The Balaban J connectivity index is 2.27. The molecule has 80 valence electrons. The van der Waals surface area contributed by atoms with E-state index in [0.29, 0.717) is 0 Å². The molecule has 2 aromatic heterocycles. The zero-order chi connectivity index (χ0) is 11.1. The molecule has 3 aromatic rings. The summed E-state index contributed by atoms with van der Waals surface area (Å²) in [5.74, 6) is 0.936. The third-order valence-corrected chi connectivity index (χ3v) is 4.39. The van der Waals surface area contributed by atoms with Gasteiger partial charge >= 0.3 is 0 Å². The van der Waals surface area contributed by atoms with Crippen molar-refractivity contribution in [3.05, 3.63) is 39.7 Å². The molecule has 3 rings (SSSR count). The predicted molar refractivity (Wildman–Crippen MR) is 71.8 cm³/mol. The lowest BCUT2D eigenvalue weighted by Gasteiger charge is -1.90. The number of para-hydroxylation sites is 1. The summed E-state index contributed by atoms with van der Waals surface area (Å²) in [5.41, 5.74) is 3.35. The second kappa shape index (κ2) is 3.71. The number of aryl methyl sites for hydroxylation is 1. The fourth-order valence-electron chi connectivity index (χ4n) is 1.75. The molecule has 0 aliphatic carbocycles. The first-order valence-corrected chi connectivity index (χ1v) is 6.61. The van der Waals surface area contributed by atoms with Crippen molar-refractivity contribution in [1.82, 2.24) is 9.97 Å². The molecule has 2 nitrogen and oxygen atoms in total. The maximum atomic E-state index is 4.64. The molecular weight excluding hydrogens is 284 g/mol. The lowest BCUT2D eigenvalue weighted by atomic mass is 10.2. The molecule has 16 heavy (non-hydrogen) atoms. The van der Waals surface area contributed by atoms with E-state index >= 15 is 0 Å². The lowest BCUT2D eigenvalue weighted by molar-refractivity contribution is 1.35. The van der Waals surface area contributed by atoms with Crippen molar-refractivity contribution in [2.24, 2.45) is 0 Å². The number of thiophene rings is 1. The van der Waals surface area contributed by atoms with Crippen LogP contribution in [-0.2, 0) is 0 Å². The molecular formula is C12H9BrN2S. The van der Waals surface area contributed by atoms with Gasteiger partial charge in [0.1, 0.15) is 5.82 Å². The van der Waals surface area contributed by atoms with Gasteiger partial charge < -0.3 is 4.98 Å². The molecule has 0 radical (unpaired) electrons. The molecule has 0 bridgehead atoms. The van der Waals surface area contributed by atoms with Crippen molar-refractivity contribution in [2.45, 2.75) is 6.92 Å². The fraction of sp³-hybridized carbons (Fsp3) is 0.0833. The number of nitrogens with one attached hydrogen (secondary N) is 1. The Morgan fingerprint density at radius 1 is 1.31 bits per heavy atom. The molecule has 0 amide bonds. The minimum absolute atomic E-state index is 0.936. The summed E-state index contributed by atoms with van der Waals surface area (Å²) in [6.07, 6.45) is 0. The fourth-order valence-corrected chi connectivity index (χ4v) is 3.25. The monoisotopic (exact) mass is 292 g/mol. The van der Waals surface area contributed by atoms with Crippen LogP contribution in [0.25, 0.3) is 21.7 Å². The molecule has 1 N–H and O–H groups in total. The first kappa shape index (κ1) is 10.1. The van der Waals surface area contributed by atoms with Crippen molar-refractivity contribution >= 4 is 38.3 Å². The maximum absolute atomic E-state index is 4.64. The summed E-state index contributed by atoms with van der Waals surface area (Å²) in [6, 6.07) is 8.22. The number of hydrogen-bond acceptors (Lipinski definition) is 2. The average molecular weight is 293 g/mol. The number of aromatic nitrogens is 2. The van der Waals surface area contributed by atoms with Crippen LogP contribution in [0.1, 0.15) is 5.56 Å². The number of fused-ring (bicyclic) bond motifs is 1. The van der Waals surface area contributed by atoms with Crippen molar-refractivity contribution in [3.8, 4) is 10.7 Å². The normalized spacial score (nSPS) is 11.1. The van der Waals surface area contributed by atoms with Crippen LogP contribution in [0.4, 0.5) is 0 Å². The predicted octanol–water partition coefficient (Wildman–Crippen LogP) is 4.36. The summed E-state index contributed by atoms with van der Waals surface area (Å²) in [7, 11) is 0. The second-order valence-electron chi connectivity index (χ2n) is 3.65. The van der Waals surface area contributed by atoms with Crippen LogP contribution in [0.15, 0.2) is 34.1 Å². The highest BCUT2D eigenvalue weighted by Crippen LogP contribution is 2.33. The van der Waals surface area contributed by atoms with Crippen LogP contribution >= 0.6 is 27.3 Å². The molecule has 0 spiro atoms. The molecule has 0 aliphatic rings. The van der Waals surface area contributed by atoms with Crippen LogP contribution in [-0.4, -0.2) is 9.97 Å². The van der Waals surface area contributed by atoms with Crippen LogP contribution in [0.3, 0.4) is 0 Å². The lowest BCUT2D eigenvalue weighted by Crippen LogP contribution is -1.75. The minimum atomic E-state index is 0.936. The highest BCUT2D eigenvalue weighted by molar-refractivity contribution is 9.10. The van der Waals surface area contributed by atoms with Crippen LogP contribution < -0.4 is 0 Å². The summed E-state index contributed by atoms with van der Waals surface area (Å²) >= 11 is 5.21. The van der Waals surface area contributed by atoms with Gasteiger partial charge in [0.05, 0.1) is 15.9 Å². The van der Waals surface area contributed by atoms with Crippen molar-refractivity contribution in [2.75, 3.05) is 0 Å². The van der Waals surface area contributed by atoms with Crippen molar-refractivity contribution in [3.63, 3.8) is 0 Å². The Morgan fingerprint density at radius 2 is 2.19 bits per heavy atom. The number of nitrogens with zero attached hydrogens (tertiary/aromatic N) is 1. The van der Waals surface area contributed by atoms with Gasteiger partial charge in [0, 0.05) is 4.47 Å². The van der Waals surface area contributed by atoms with E-state index < -0.39 is 0 Å². The van der Waals surface area contributed by atoms with Gasteiger partial charge in [-0.15, -0.1) is 11.3 Å². The van der Waals surface area contributed by atoms with E-state index in [1.165, 1.54) is 5.56 Å². The molecule has 2 heterocycles. The minimum Gasteiger partial charge on any atom is -0.337 e. The largest absolute Gasteiger partial charge is 0.337 e. The maximum Gasteiger partial charge on any atom is 0.149 e. The molecule has 0 atom stereocenters.